The van der Waals surface area contributed by atoms with E-state index in [9.17, 15) is 9.59 Å². The van der Waals surface area contributed by atoms with Gasteiger partial charge in [-0.3, -0.25) is 0 Å². The minimum Gasteiger partial charge on any atom is -0.473 e. The van der Waals surface area contributed by atoms with Gasteiger partial charge in [-0.05, 0) is 19.3 Å². The summed E-state index contributed by atoms with van der Waals surface area (Å²) in [4.78, 5) is 21.1. The van der Waals surface area contributed by atoms with E-state index in [1.165, 1.54) is 0 Å². The molecule has 0 radical (unpaired) electrons. The summed E-state index contributed by atoms with van der Waals surface area (Å²) < 4.78 is 4.91. The molecule has 4 heteroatoms. The third-order valence-electron chi connectivity index (χ3n) is 2.42. The second-order valence-corrected chi connectivity index (χ2v) is 2.94. The van der Waals surface area contributed by atoms with Crippen LogP contribution in [0.4, 0.5) is 0 Å². The number of ether oxygens (including phenoxy) is 1. The van der Waals surface area contributed by atoms with Crippen molar-refractivity contribution in [2.75, 3.05) is 0 Å². The summed E-state index contributed by atoms with van der Waals surface area (Å²) in [6.07, 6.45) is 1.91. The van der Waals surface area contributed by atoms with Crippen LogP contribution < -0.4 is 0 Å². The number of carbonyl (C=O) groups excluding carboxylic acids is 1. The van der Waals surface area contributed by atoms with Gasteiger partial charge in [0.1, 0.15) is 5.60 Å². The lowest BCUT2D eigenvalue weighted by atomic mass is 9.94. The van der Waals surface area contributed by atoms with E-state index in [-0.39, 0.29) is 0 Å². The summed E-state index contributed by atoms with van der Waals surface area (Å²) in [6, 6.07) is 0. The second-order valence-electron chi connectivity index (χ2n) is 2.94. The van der Waals surface area contributed by atoms with E-state index in [0.717, 1.165) is 0 Å². The minimum absolute atomic E-state index is 0.602. The highest BCUT2D eigenvalue weighted by Gasteiger charge is 2.30. The molecule has 0 unspecified atom stereocenters. The van der Waals surface area contributed by atoms with Gasteiger partial charge in [-0.25, -0.2) is 9.59 Å². The Kier molecular flexibility index (Phi) is 4.45. The molecule has 0 atom stereocenters. The number of carboxylic acid groups (broad SMARTS) is 1. The van der Waals surface area contributed by atoms with Crippen LogP contribution in [0.2, 0.25) is 0 Å². The number of hydrogen-bond acceptors (Lipinski definition) is 3. The quantitative estimate of drug-likeness (QED) is 0.537. The molecule has 0 heterocycles. The van der Waals surface area contributed by atoms with Crippen molar-refractivity contribution in [2.24, 2.45) is 0 Å². The fourth-order valence-corrected chi connectivity index (χ4v) is 1.21. The summed E-state index contributed by atoms with van der Waals surface area (Å²) in [6.45, 7) is 5.63. The molecule has 0 saturated heterocycles. The van der Waals surface area contributed by atoms with Gasteiger partial charge in [-0.1, -0.05) is 20.8 Å². The molecule has 0 bridgehead atoms. The number of carboxylic acids is 1. The number of esters is 1. The van der Waals surface area contributed by atoms with E-state index < -0.39 is 17.5 Å². The van der Waals surface area contributed by atoms with Crippen molar-refractivity contribution in [1.82, 2.24) is 0 Å². The van der Waals surface area contributed by atoms with Crippen LogP contribution >= 0.6 is 0 Å². The Morgan fingerprint density at radius 1 is 1.15 bits per heavy atom. The van der Waals surface area contributed by atoms with Crippen LogP contribution in [-0.4, -0.2) is 22.6 Å². The standard InChI is InChI=1S/C9H16O4/c1-4-9(5-2,6-3)13-8(12)7(10)11/h4-6H2,1-3H3,(H,10,11). The zero-order valence-electron chi connectivity index (χ0n) is 8.29. The second kappa shape index (κ2) is 4.84. The Balaban J connectivity index is 4.42. The maximum Gasteiger partial charge on any atom is 0.417 e. The van der Waals surface area contributed by atoms with Crippen molar-refractivity contribution in [3.8, 4) is 0 Å². The van der Waals surface area contributed by atoms with Gasteiger partial charge < -0.3 is 9.84 Å². The number of hydrogen-bond donors (Lipinski definition) is 1. The lowest BCUT2D eigenvalue weighted by Crippen LogP contribution is -2.35. The highest BCUT2D eigenvalue weighted by Crippen LogP contribution is 2.24. The van der Waals surface area contributed by atoms with Gasteiger partial charge in [-0.15, -0.1) is 0 Å². The number of rotatable bonds is 4. The molecule has 0 aromatic carbocycles. The summed E-state index contributed by atoms with van der Waals surface area (Å²) in [5.74, 6) is -2.69. The summed E-state index contributed by atoms with van der Waals surface area (Å²) in [5, 5.41) is 8.36. The highest BCUT2D eigenvalue weighted by molar-refractivity contribution is 6.28. The van der Waals surface area contributed by atoms with E-state index in [0.29, 0.717) is 19.3 Å². The van der Waals surface area contributed by atoms with Gasteiger partial charge in [0.15, 0.2) is 0 Å². The van der Waals surface area contributed by atoms with Gasteiger partial charge in [0, 0.05) is 0 Å². The SMILES string of the molecule is CCC(CC)(CC)OC(=O)C(=O)O. The molecule has 0 aliphatic heterocycles. The fraction of sp³-hybridized carbons (Fsp3) is 0.778. The molecule has 0 aliphatic rings. The molecule has 4 nitrogen and oxygen atoms in total. The zero-order valence-corrected chi connectivity index (χ0v) is 8.29. The molecule has 0 rings (SSSR count). The molecule has 0 aromatic heterocycles. The van der Waals surface area contributed by atoms with Crippen LogP contribution in [0.3, 0.4) is 0 Å². The Morgan fingerprint density at radius 3 is 1.77 bits per heavy atom. The molecule has 0 amide bonds. The van der Waals surface area contributed by atoms with E-state index in [4.69, 9.17) is 9.84 Å². The van der Waals surface area contributed by atoms with E-state index in [2.05, 4.69) is 0 Å². The van der Waals surface area contributed by atoms with Crippen molar-refractivity contribution in [1.29, 1.82) is 0 Å². The van der Waals surface area contributed by atoms with Gasteiger partial charge in [0.05, 0.1) is 0 Å². The van der Waals surface area contributed by atoms with E-state index in [1.807, 2.05) is 20.8 Å². The summed E-state index contributed by atoms with van der Waals surface area (Å²) in [5.41, 5.74) is -0.602. The number of aliphatic carboxylic acids is 1. The highest BCUT2D eigenvalue weighted by atomic mass is 16.6. The molecule has 0 fully saturated rings. The largest absolute Gasteiger partial charge is 0.473 e. The Labute approximate surface area is 77.9 Å². The number of carbonyl (C=O) groups is 2. The first-order valence-corrected chi connectivity index (χ1v) is 4.47. The normalized spacial score (nSPS) is 11.0. The smallest absolute Gasteiger partial charge is 0.417 e. The van der Waals surface area contributed by atoms with Crippen LogP contribution in [0.5, 0.6) is 0 Å². The van der Waals surface area contributed by atoms with Gasteiger partial charge in [0.25, 0.3) is 0 Å². The Hall–Kier alpha value is -1.06. The predicted octanol–water partition coefficient (Wildman–Crippen LogP) is 1.58. The first-order chi connectivity index (χ1) is 6.01. The van der Waals surface area contributed by atoms with Crippen molar-refractivity contribution < 1.29 is 19.4 Å². The topological polar surface area (TPSA) is 63.6 Å². The molecular weight excluding hydrogens is 172 g/mol. The van der Waals surface area contributed by atoms with Crippen LogP contribution in [-0.2, 0) is 14.3 Å². The van der Waals surface area contributed by atoms with Crippen molar-refractivity contribution in [3.63, 3.8) is 0 Å². The molecule has 1 N–H and O–H groups in total. The monoisotopic (exact) mass is 188 g/mol. The molecule has 0 aromatic rings. The van der Waals surface area contributed by atoms with Crippen molar-refractivity contribution in [2.45, 2.75) is 45.6 Å². The van der Waals surface area contributed by atoms with Crippen LogP contribution in [0.15, 0.2) is 0 Å². The molecule has 76 valence electrons. The fourth-order valence-electron chi connectivity index (χ4n) is 1.21. The maximum absolute atomic E-state index is 10.8. The zero-order chi connectivity index (χ0) is 10.5. The summed E-state index contributed by atoms with van der Waals surface area (Å²) in [7, 11) is 0. The van der Waals surface area contributed by atoms with Crippen LogP contribution in [0, 0.1) is 0 Å². The Bertz CT molecular complexity index is 186. The van der Waals surface area contributed by atoms with Gasteiger partial charge in [0.2, 0.25) is 0 Å². The molecular formula is C9H16O4. The average Bonchev–Trinajstić information content (AvgIpc) is 2.14. The van der Waals surface area contributed by atoms with Gasteiger partial charge in [-0.2, -0.15) is 0 Å². The van der Waals surface area contributed by atoms with Gasteiger partial charge >= 0.3 is 11.9 Å². The first kappa shape index (κ1) is 11.9. The average molecular weight is 188 g/mol. The third-order valence-corrected chi connectivity index (χ3v) is 2.42. The molecule has 0 aliphatic carbocycles. The Morgan fingerprint density at radius 2 is 1.54 bits per heavy atom. The predicted molar refractivity (Wildman–Crippen MR) is 47.3 cm³/mol. The minimum atomic E-state index is -1.53. The third kappa shape index (κ3) is 3.05. The lowest BCUT2D eigenvalue weighted by molar-refractivity contribution is -0.175. The van der Waals surface area contributed by atoms with Crippen molar-refractivity contribution >= 4 is 11.9 Å². The van der Waals surface area contributed by atoms with E-state index >= 15 is 0 Å². The van der Waals surface area contributed by atoms with Crippen LogP contribution in [0.1, 0.15) is 40.0 Å². The molecule has 0 saturated carbocycles. The summed E-state index contributed by atoms with van der Waals surface area (Å²) >= 11 is 0. The van der Waals surface area contributed by atoms with E-state index in [1.54, 1.807) is 0 Å². The molecule has 0 spiro atoms. The van der Waals surface area contributed by atoms with Crippen LogP contribution in [0.25, 0.3) is 0 Å². The first-order valence-electron chi connectivity index (χ1n) is 4.47. The molecule has 13 heavy (non-hydrogen) atoms. The van der Waals surface area contributed by atoms with Crippen molar-refractivity contribution in [3.05, 3.63) is 0 Å². The maximum atomic E-state index is 10.8. The lowest BCUT2D eigenvalue weighted by Gasteiger charge is -2.29.